The molecule has 1 heterocycles. The van der Waals surface area contributed by atoms with Crippen LogP contribution in [0.4, 0.5) is 4.39 Å². The van der Waals surface area contributed by atoms with E-state index >= 15 is 0 Å². The van der Waals surface area contributed by atoms with Gasteiger partial charge in [0.1, 0.15) is 18.2 Å². The van der Waals surface area contributed by atoms with Crippen molar-refractivity contribution in [3.05, 3.63) is 107 Å². The summed E-state index contributed by atoms with van der Waals surface area (Å²) in [5, 5.41) is 13.6. The lowest BCUT2D eigenvalue weighted by Gasteiger charge is -2.13. The van der Waals surface area contributed by atoms with Gasteiger partial charge in [-0.05, 0) is 80.1 Å². The highest BCUT2D eigenvalue weighted by atomic mass is 19.1. The van der Waals surface area contributed by atoms with Gasteiger partial charge in [-0.1, -0.05) is 23.4 Å². The number of benzene rings is 3. The van der Waals surface area contributed by atoms with Crippen LogP contribution in [-0.4, -0.2) is 17.4 Å². The molecule has 5 nitrogen and oxygen atoms in total. The van der Waals surface area contributed by atoms with Gasteiger partial charge in [-0.25, -0.2) is 4.39 Å². The molecule has 0 aliphatic carbocycles. The monoisotopic (exact) mass is 453 g/mol. The zero-order valence-electron chi connectivity index (χ0n) is 19.2. The van der Waals surface area contributed by atoms with E-state index in [0.717, 1.165) is 39.5 Å². The molecule has 6 heteroatoms. The average Bonchev–Trinajstić information content (AvgIpc) is 3.21. The van der Waals surface area contributed by atoms with E-state index in [1.54, 1.807) is 25.3 Å². The zero-order valence-corrected chi connectivity index (χ0v) is 19.2. The zero-order chi connectivity index (χ0) is 24.1. The maximum absolute atomic E-state index is 13.6. The van der Waals surface area contributed by atoms with Crippen molar-refractivity contribution >= 4 is 5.71 Å². The molecule has 1 aromatic heterocycles. The first-order valence-electron chi connectivity index (χ1n) is 10.8. The first kappa shape index (κ1) is 22.8. The first-order chi connectivity index (χ1) is 16.5. The van der Waals surface area contributed by atoms with Crippen molar-refractivity contribution in [2.45, 2.75) is 20.5 Å². The van der Waals surface area contributed by atoms with E-state index in [0.29, 0.717) is 11.3 Å². The summed E-state index contributed by atoms with van der Waals surface area (Å²) >= 11 is 0. The van der Waals surface area contributed by atoms with E-state index in [9.17, 15) is 9.65 Å². The second-order valence-electron chi connectivity index (χ2n) is 7.79. The molecule has 0 aliphatic rings. The van der Waals surface area contributed by atoms with E-state index in [2.05, 4.69) is 15.8 Å². The Hall–Kier alpha value is -4.37. The molecule has 0 unspecified atom stereocenters. The van der Waals surface area contributed by atoms with E-state index in [-0.39, 0.29) is 12.4 Å². The molecule has 0 aliphatic heterocycles. The van der Waals surface area contributed by atoms with Crippen molar-refractivity contribution in [1.82, 2.24) is 4.57 Å². The van der Waals surface area contributed by atoms with Gasteiger partial charge >= 0.3 is 0 Å². The fourth-order valence-corrected chi connectivity index (χ4v) is 3.87. The second-order valence-corrected chi connectivity index (χ2v) is 7.79. The third-order valence-electron chi connectivity index (χ3n) is 5.67. The minimum absolute atomic E-state index is 0.199. The molecule has 0 N–H and O–H groups in total. The first-order valence-corrected chi connectivity index (χ1v) is 10.8. The SMILES string of the molecule is COc1ccc(-n2c(-c3ccc(F)cc3)cc(/C(C)=N\OCc3ccccc3C#N)c2C)cc1. The summed E-state index contributed by atoms with van der Waals surface area (Å²) in [6.07, 6.45) is 0. The van der Waals surface area contributed by atoms with Gasteiger partial charge in [-0.2, -0.15) is 5.26 Å². The maximum atomic E-state index is 13.6. The number of rotatable bonds is 7. The van der Waals surface area contributed by atoms with E-state index in [1.165, 1.54) is 12.1 Å². The summed E-state index contributed by atoms with van der Waals surface area (Å²) < 4.78 is 21.0. The van der Waals surface area contributed by atoms with Gasteiger partial charge in [-0.3, -0.25) is 0 Å². The van der Waals surface area contributed by atoms with Crippen molar-refractivity contribution in [3.63, 3.8) is 0 Å². The van der Waals surface area contributed by atoms with Crippen LogP contribution in [0.2, 0.25) is 0 Å². The minimum Gasteiger partial charge on any atom is -0.497 e. The molecule has 34 heavy (non-hydrogen) atoms. The molecule has 0 saturated heterocycles. The minimum atomic E-state index is -0.285. The molecule has 0 radical (unpaired) electrons. The van der Waals surface area contributed by atoms with Gasteiger partial charge in [-0.15, -0.1) is 0 Å². The normalized spacial score (nSPS) is 11.2. The largest absolute Gasteiger partial charge is 0.497 e. The lowest BCUT2D eigenvalue weighted by molar-refractivity contribution is 0.130. The summed E-state index contributed by atoms with van der Waals surface area (Å²) in [6.45, 7) is 4.09. The standard InChI is InChI=1S/C28H24FN3O2/c1-19(31-34-18-23-7-5-4-6-22(23)17-30)27-16-28(21-8-10-24(29)11-9-21)32(20(27)2)25-12-14-26(33-3)15-13-25/h4-16H,18H2,1-3H3/b31-19-. The quantitative estimate of drug-likeness (QED) is 0.240. The Morgan fingerprint density at radius 3 is 2.41 bits per heavy atom. The molecular formula is C28H24FN3O2. The van der Waals surface area contributed by atoms with Gasteiger partial charge in [0.05, 0.1) is 30.1 Å². The summed E-state index contributed by atoms with van der Waals surface area (Å²) in [5.74, 6) is 0.480. The number of nitriles is 1. The van der Waals surface area contributed by atoms with Gasteiger partial charge in [0.2, 0.25) is 0 Å². The van der Waals surface area contributed by atoms with Gasteiger partial charge < -0.3 is 14.1 Å². The number of methoxy groups -OCH3 is 1. The average molecular weight is 454 g/mol. The molecule has 3 aromatic carbocycles. The number of oxime groups is 1. The van der Waals surface area contributed by atoms with Crippen LogP contribution in [0.1, 0.15) is 29.3 Å². The van der Waals surface area contributed by atoms with Crippen molar-refractivity contribution in [3.8, 4) is 28.8 Å². The fourth-order valence-electron chi connectivity index (χ4n) is 3.87. The Morgan fingerprint density at radius 1 is 1.03 bits per heavy atom. The molecule has 0 saturated carbocycles. The Balaban J connectivity index is 1.71. The van der Waals surface area contributed by atoms with Crippen LogP contribution in [0.3, 0.4) is 0 Å². The van der Waals surface area contributed by atoms with Crippen molar-refractivity contribution < 1.29 is 14.0 Å². The van der Waals surface area contributed by atoms with E-state index in [1.807, 2.05) is 62.4 Å². The number of nitrogens with zero attached hydrogens (tertiary/aromatic N) is 3. The highest BCUT2D eigenvalue weighted by Crippen LogP contribution is 2.31. The second kappa shape index (κ2) is 10.1. The number of hydrogen-bond acceptors (Lipinski definition) is 4. The van der Waals surface area contributed by atoms with Gasteiger partial charge in [0.15, 0.2) is 0 Å². The van der Waals surface area contributed by atoms with Crippen molar-refractivity contribution in [2.24, 2.45) is 5.16 Å². The van der Waals surface area contributed by atoms with Crippen LogP contribution in [0.15, 0.2) is 84.0 Å². The topological polar surface area (TPSA) is 59.5 Å². The number of hydrogen-bond donors (Lipinski definition) is 0. The van der Waals surface area contributed by atoms with E-state index in [4.69, 9.17) is 9.57 Å². The molecule has 4 rings (SSSR count). The van der Waals surface area contributed by atoms with Crippen molar-refractivity contribution in [1.29, 1.82) is 5.26 Å². The number of halogens is 1. The highest BCUT2D eigenvalue weighted by molar-refractivity contribution is 6.01. The van der Waals surface area contributed by atoms with E-state index < -0.39 is 0 Å². The Bertz CT molecular complexity index is 1360. The third-order valence-corrected chi connectivity index (χ3v) is 5.67. The molecular weight excluding hydrogens is 429 g/mol. The molecule has 0 bridgehead atoms. The van der Waals surface area contributed by atoms with Crippen LogP contribution in [-0.2, 0) is 11.4 Å². The smallest absolute Gasteiger partial charge is 0.143 e. The summed E-state index contributed by atoms with van der Waals surface area (Å²) in [6, 6.07) is 25.7. The van der Waals surface area contributed by atoms with Crippen LogP contribution < -0.4 is 4.74 Å². The van der Waals surface area contributed by atoms with Crippen LogP contribution in [0.25, 0.3) is 16.9 Å². The number of ether oxygens (including phenoxy) is 1. The molecule has 0 atom stereocenters. The van der Waals surface area contributed by atoms with Crippen LogP contribution in [0, 0.1) is 24.1 Å². The van der Waals surface area contributed by atoms with Crippen LogP contribution >= 0.6 is 0 Å². The molecule has 170 valence electrons. The van der Waals surface area contributed by atoms with Crippen LogP contribution in [0.5, 0.6) is 5.75 Å². The third kappa shape index (κ3) is 4.69. The number of aromatic nitrogens is 1. The lowest BCUT2D eigenvalue weighted by Crippen LogP contribution is -2.03. The highest BCUT2D eigenvalue weighted by Gasteiger charge is 2.17. The van der Waals surface area contributed by atoms with Gasteiger partial charge in [0.25, 0.3) is 0 Å². The molecule has 0 fully saturated rings. The fraction of sp³-hybridized carbons (Fsp3) is 0.143. The Kier molecular flexibility index (Phi) is 6.74. The Labute approximate surface area is 198 Å². The predicted molar refractivity (Wildman–Crippen MR) is 131 cm³/mol. The maximum Gasteiger partial charge on any atom is 0.143 e. The lowest BCUT2D eigenvalue weighted by atomic mass is 10.1. The molecule has 4 aromatic rings. The molecule has 0 amide bonds. The van der Waals surface area contributed by atoms with Gasteiger partial charge in [0, 0.05) is 22.5 Å². The summed E-state index contributed by atoms with van der Waals surface area (Å²) in [5.41, 5.74) is 6.64. The predicted octanol–water partition coefficient (Wildman–Crippen LogP) is 6.41. The van der Waals surface area contributed by atoms with Crippen molar-refractivity contribution in [2.75, 3.05) is 7.11 Å². The summed E-state index contributed by atoms with van der Waals surface area (Å²) in [7, 11) is 1.63. The Morgan fingerprint density at radius 2 is 1.74 bits per heavy atom. The molecule has 0 spiro atoms. The summed E-state index contributed by atoms with van der Waals surface area (Å²) in [4.78, 5) is 5.60.